The first-order valence-corrected chi connectivity index (χ1v) is 6.78. The second-order valence-electron chi connectivity index (χ2n) is 4.16. The van der Waals surface area contributed by atoms with Crippen LogP contribution < -0.4 is 0 Å². The Labute approximate surface area is 107 Å². The van der Waals surface area contributed by atoms with Crippen molar-refractivity contribution in [3.63, 3.8) is 0 Å². The van der Waals surface area contributed by atoms with Crippen LogP contribution in [0.5, 0.6) is 0 Å². The molecule has 0 aliphatic carbocycles. The second-order valence-corrected chi connectivity index (χ2v) is 5.65. The van der Waals surface area contributed by atoms with E-state index >= 15 is 0 Å². The van der Waals surface area contributed by atoms with Crippen LogP contribution in [0.4, 0.5) is 5.69 Å². The van der Waals surface area contributed by atoms with Crippen molar-refractivity contribution in [2.45, 2.75) is 23.8 Å². The van der Waals surface area contributed by atoms with E-state index in [0.29, 0.717) is 30.8 Å². The Morgan fingerprint density at radius 2 is 2.06 bits per heavy atom. The number of aliphatic hydroxyl groups excluding tert-OH is 1. The molecule has 0 radical (unpaired) electrons. The SMILES string of the molecule is O=[N+]([O-])c1cccc(S(=O)N2CCC(O)CC2)c1. The van der Waals surface area contributed by atoms with Gasteiger partial charge in [0.15, 0.2) is 0 Å². The minimum Gasteiger partial charge on any atom is -0.393 e. The first-order valence-electron chi connectivity index (χ1n) is 5.67. The summed E-state index contributed by atoms with van der Waals surface area (Å²) >= 11 is 0. The van der Waals surface area contributed by atoms with Crippen molar-refractivity contribution in [2.75, 3.05) is 13.1 Å². The van der Waals surface area contributed by atoms with Gasteiger partial charge in [-0.25, -0.2) is 8.51 Å². The fraction of sp³-hybridized carbons (Fsp3) is 0.455. The first-order chi connectivity index (χ1) is 8.58. The number of piperidine rings is 1. The molecule has 1 aliphatic rings. The molecule has 2 rings (SSSR count). The van der Waals surface area contributed by atoms with E-state index in [0.717, 1.165) is 0 Å². The van der Waals surface area contributed by atoms with Crippen LogP contribution in [0.25, 0.3) is 0 Å². The minimum absolute atomic E-state index is 0.0575. The predicted molar refractivity (Wildman–Crippen MR) is 66.3 cm³/mol. The molecule has 1 aromatic carbocycles. The van der Waals surface area contributed by atoms with Crippen LogP contribution in [0.1, 0.15) is 12.8 Å². The van der Waals surface area contributed by atoms with Gasteiger partial charge in [0.1, 0.15) is 11.0 Å². The van der Waals surface area contributed by atoms with Gasteiger partial charge < -0.3 is 5.11 Å². The molecule has 0 saturated carbocycles. The van der Waals surface area contributed by atoms with E-state index in [-0.39, 0.29) is 11.8 Å². The molecule has 7 heteroatoms. The van der Waals surface area contributed by atoms with Crippen molar-refractivity contribution in [1.29, 1.82) is 0 Å². The molecule has 0 aromatic heterocycles. The fourth-order valence-electron chi connectivity index (χ4n) is 1.86. The molecule has 1 N–H and O–H groups in total. The third kappa shape index (κ3) is 2.92. The van der Waals surface area contributed by atoms with Crippen LogP contribution in [0, 0.1) is 10.1 Å². The zero-order valence-corrected chi connectivity index (χ0v) is 10.5. The van der Waals surface area contributed by atoms with Crippen LogP contribution in [0.15, 0.2) is 29.2 Å². The number of aliphatic hydroxyl groups is 1. The summed E-state index contributed by atoms with van der Waals surface area (Å²) in [6.07, 6.45) is 0.838. The number of benzene rings is 1. The van der Waals surface area contributed by atoms with Gasteiger partial charge in [-0.3, -0.25) is 10.1 Å². The van der Waals surface area contributed by atoms with Gasteiger partial charge in [0, 0.05) is 25.2 Å². The van der Waals surface area contributed by atoms with Gasteiger partial charge in [-0.05, 0) is 18.9 Å². The average Bonchev–Trinajstić information content (AvgIpc) is 2.39. The fourth-order valence-corrected chi connectivity index (χ4v) is 3.12. The molecule has 1 aliphatic heterocycles. The number of nitro groups is 1. The van der Waals surface area contributed by atoms with Gasteiger partial charge >= 0.3 is 0 Å². The predicted octanol–water partition coefficient (Wildman–Crippen LogP) is 1.07. The molecule has 0 spiro atoms. The first kappa shape index (κ1) is 13.1. The molecular formula is C11H14N2O4S. The summed E-state index contributed by atoms with van der Waals surface area (Å²) in [6, 6.07) is 5.86. The third-order valence-corrected chi connectivity index (χ3v) is 4.38. The second kappa shape index (κ2) is 5.55. The van der Waals surface area contributed by atoms with Gasteiger partial charge in [-0.2, -0.15) is 0 Å². The number of non-ortho nitro benzene ring substituents is 1. The number of rotatable bonds is 3. The maximum atomic E-state index is 12.2. The Balaban J connectivity index is 2.13. The molecule has 18 heavy (non-hydrogen) atoms. The summed E-state index contributed by atoms with van der Waals surface area (Å²) in [5.41, 5.74) is -0.0575. The normalized spacial score (nSPS) is 19.6. The van der Waals surface area contributed by atoms with Crippen molar-refractivity contribution in [3.05, 3.63) is 34.4 Å². The van der Waals surface area contributed by atoms with E-state index in [1.807, 2.05) is 0 Å². The van der Waals surface area contributed by atoms with E-state index in [4.69, 9.17) is 0 Å². The monoisotopic (exact) mass is 270 g/mol. The zero-order valence-electron chi connectivity index (χ0n) is 9.69. The van der Waals surface area contributed by atoms with Crippen molar-refractivity contribution < 1.29 is 14.2 Å². The lowest BCUT2D eigenvalue weighted by molar-refractivity contribution is -0.385. The molecule has 6 nitrogen and oxygen atoms in total. The summed E-state index contributed by atoms with van der Waals surface area (Å²) < 4.78 is 13.9. The summed E-state index contributed by atoms with van der Waals surface area (Å²) in [7, 11) is -1.39. The molecule has 0 amide bonds. The summed E-state index contributed by atoms with van der Waals surface area (Å²) in [5.74, 6) is 0. The van der Waals surface area contributed by atoms with E-state index in [1.54, 1.807) is 10.4 Å². The maximum Gasteiger partial charge on any atom is 0.270 e. The van der Waals surface area contributed by atoms with Gasteiger partial charge in [0.2, 0.25) is 0 Å². The molecular weight excluding hydrogens is 256 g/mol. The third-order valence-electron chi connectivity index (χ3n) is 2.89. The molecule has 1 aromatic rings. The van der Waals surface area contributed by atoms with E-state index < -0.39 is 15.9 Å². The van der Waals surface area contributed by atoms with E-state index in [1.165, 1.54) is 18.2 Å². The summed E-state index contributed by atoms with van der Waals surface area (Å²) in [6.45, 7) is 1.08. The van der Waals surface area contributed by atoms with E-state index in [2.05, 4.69) is 0 Å². The highest BCUT2D eigenvalue weighted by atomic mass is 32.2. The van der Waals surface area contributed by atoms with Gasteiger partial charge in [-0.1, -0.05) is 6.07 Å². The van der Waals surface area contributed by atoms with Crippen LogP contribution in [0.2, 0.25) is 0 Å². The van der Waals surface area contributed by atoms with Gasteiger partial charge in [0.25, 0.3) is 5.69 Å². The smallest absolute Gasteiger partial charge is 0.270 e. The quantitative estimate of drug-likeness (QED) is 0.658. The van der Waals surface area contributed by atoms with E-state index in [9.17, 15) is 19.4 Å². The van der Waals surface area contributed by atoms with Crippen LogP contribution in [-0.4, -0.2) is 37.7 Å². The van der Waals surface area contributed by atoms with Crippen molar-refractivity contribution in [1.82, 2.24) is 4.31 Å². The zero-order chi connectivity index (χ0) is 13.1. The summed E-state index contributed by atoms with van der Waals surface area (Å²) in [5, 5.41) is 20.0. The van der Waals surface area contributed by atoms with Gasteiger partial charge in [0.05, 0.1) is 15.9 Å². The highest BCUT2D eigenvalue weighted by Crippen LogP contribution is 2.20. The number of hydrogen-bond acceptors (Lipinski definition) is 4. The van der Waals surface area contributed by atoms with Crippen LogP contribution in [0.3, 0.4) is 0 Å². The molecule has 1 unspecified atom stereocenters. The van der Waals surface area contributed by atoms with Gasteiger partial charge in [-0.15, -0.1) is 0 Å². The Hall–Kier alpha value is -1.31. The Morgan fingerprint density at radius 1 is 1.39 bits per heavy atom. The van der Waals surface area contributed by atoms with Crippen LogP contribution in [-0.2, 0) is 11.0 Å². The topological polar surface area (TPSA) is 83.7 Å². The maximum absolute atomic E-state index is 12.2. The molecule has 1 saturated heterocycles. The largest absolute Gasteiger partial charge is 0.393 e. The molecule has 98 valence electrons. The van der Waals surface area contributed by atoms with Crippen molar-refractivity contribution in [2.24, 2.45) is 0 Å². The molecule has 1 heterocycles. The Morgan fingerprint density at radius 3 is 2.67 bits per heavy atom. The summed E-state index contributed by atoms with van der Waals surface area (Å²) in [4.78, 5) is 10.6. The highest BCUT2D eigenvalue weighted by Gasteiger charge is 2.23. The van der Waals surface area contributed by atoms with Crippen molar-refractivity contribution in [3.8, 4) is 0 Å². The average molecular weight is 270 g/mol. The Kier molecular flexibility index (Phi) is 4.05. The lowest BCUT2D eigenvalue weighted by atomic mass is 10.1. The highest BCUT2D eigenvalue weighted by molar-refractivity contribution is 7.82. The molecule has 1 atom stereocenters. The molecule has 0 bridgehead atoms. The van der Waals surface area contributed by atoms with Crippen LogP contribution >= 0.6 is 0 Å². The van der Waals surface area contributed by atoms with Crippen molar-refractivity contribution >= 4 is 16.7 Å². The lowest BCUT2D eigenvalue weighted by Gasteiger charge is -2.28. The number of nitrogens with zero attached hydrogens (tertiary/aromatic N) is 2. The number of hydrogen-bond donors (Lipinski definition) is 1. The Bertz CT molecular complexity index is 472. The lowest BCUT2D eigenvalue weighted by Crippen LogP contribution is -2.37. The minimum atomic E-state index is -1.39. The number of nitro benzene ring substituents is 1. The molecule has 1 fully saturated rings. The standard InChI is InChI=1S/C11H14N2O4S/c14-10-4-6-12(7-5-10)18(17)11-3-1-2-9(8-11)13(15)16/h1-3,8,10,14H,4-7H2.